The molecule has 4 aliphatic rings. The molecule has 2 aromatic rings. The van der Waals surface area contributed by atoms with Crippen LogP contribution in [0.4, 0.5) is 0 Å². The Bertz CT molecular complexity index is 859. The highest BCUT2D eigenvalue weighted by Gasteiger charge is 2.73. The smallest absolute Gasteiger partial charge is 0.223 e. The predicted octanol–water partition coefficient (Wildman–Crippen LogP) is 3.26. The maximum Gasteiger partial charge on any atom is 0.223 e. The number of fused-ring (bicyclic) bond motifs is 1. The number of hydrogen-bond acceptors (Lipinski definition) is 5. The van der Waals surface area contributed by atoms with Gasteiger partial charge in [0.15, 0.2) is 0 Å². The Hall–Kier alpha value is -1.66. The SMILES string of the molecule is CC(C)(O)C12CC(NC(=O)C3CC(Oc4cccc5scnc45)C3)(C1)C2. The van der Waals surface area contributed by atoms with Crippen LogP contribution < -0.4 is 10.1 Å². The van der Waals surface area contributed by atoms with E-state index in [2.05, 4.69) is 10.3 Å². The van der Waals surface area contributed by atoms with Gasteiger partial charge in [-0.3, -0.25) is 4.79 Å². The lowest BCUT2D eigenvalue weighted by Crippen LogP contribution is -2.80. The van der Waals surface area contributed by atoms with E-state index in [0.717, 1.165) is 48.1 Å². The van der Waals surface area contributed by atoms with E-state index in [0.29, 0.717) is 0 Å². The van der Waals surface area contributed by atoms with Gasteiger partial charge < -0.3 is 15.2 Å². The molecule has 0 unspecified atom stereocenters. The van der Waals surface area contributed by atoms with E-state index in [1.807, 2.05) is 37.6 Å². The van der Waals surface area contributed by atoms with Crippen molar-refractivity contribution >= 4 is 27.5 Å². The lowest BCUT2D eigenvalue weighted by atomic mass is 9.35. The van der Waals surface area contributed by atoms with Crippen LogP contribution in [0.5, 0.6) is 5.75 Å². The molecular weight excluding hydrogens is 348 g/mol. The van der Waals surface area contributed by atoms with Crippen molar-refractivity contribution in [2.45, 2.75) is 63.2 Å². The van der Waals surface area contributed by atoms with Gasteiger partial charge in [0.25, 0.3) is 0 Å². The molecule has 1 aromatic heterocycles. The fourth-order valence-electron chi connectivity index (χ4n) is 4.94. The van der Waals surface area contributed by atoms with Gasteiger partial charge >= 0.3 is 0 Å². The molecular formula is C20H24N2O3S. The summed E-state index contributed by atoms with van der Waals surface area (Å²) >= 11 is 1.61. The molecule has 0 atom stereocenters. The number of benzene rings is 1. The van der Waals surface area contributed by atoms with Gasteiger partial charge in [-0.1, -0.05) is 6.07 Å². The fourth-order valence-corrected chi connectivity index (χ4v) is 5.64. The minimum Gasteiger partial charge on any atom is -0.488 e. The summed E-state index contributed by atoms with van der Waals surface area (Å²) in [6.45, 7) is 3.77. The third kappa shape index (κ3) is 2.31. The van der Waals surface area contributed by atoms with Gasteiger partial charge in [0, 0.05) is 16.9 Å². The molecule has 2 bridgehead atoms. The van der Waals surface area contributed by atoms with E-state index in [4.69, 9.17) is 4.74 Å². The number of aliphatic hydroxyl groups is 1. The van der Waals surface area contributed by atoms with E-state index >= 15 is 0 Å². The topological polar surface area (TPSA) is 71.5 Å². The summed E-state index contributed by atoms with van der Waals surface area (Å²) in [6, 6.07) is 5.98. The molecule has 4 saturated carbocycles. The number of carbonyl (C=O) groups excluding carboxylic acids is 1. The van der Waals surface area contributed by atoms with Gasteiger partial charge in [0.05, 0.1) is 15.8 Å². The van der Waals surface area contributed by atoms with Gasteiger partial charge in [-0.15, -0.1) is 11.3 Å². The van der Waals surface area contributed by atoms with E-state index < -0.39 is 5.60 Å². The van der Waals surface area contributed by atoms with Crippen molar-refractivity contribution < 1.29 is 14.6 Å². The van der Waals surface area contributed by atoms with Gasteiger partial charge in [-0.2, -0.15) is 0 Å². The lowest BCUT2D eigenvalue weighted by Gasteiger charge is -2.74. The highest BCUT2D eigenvalue weighted by Crippen LogP contribution is 2.71. The van der Waals surface area contributed by atoms with Crippen LogP contribution >= 0.6 is 11.3 Å². The van der Waals surface area contributed by atoms with E-state index in [-0.39, 0.29) is 28.9 Å². The minimum absolute atomic E-state index is 0.0256. The molecule has 26 heavy (non-hydrogen) atoms. The van der Waals surface area contributed by atoms with Crippen LogP contribution in [0.25, 0.3) is 10.2 Å². The highest BCUT2D eigenvalue weighted by molar-refractivity contribution is 7.16. The number of aromatic nitrogens is 1. The molecule has 1 aromatic carbocycles. The number of para-hydroxylation sites is 1. The van der Waals surface area contributed by atoms with E-state index in [1.54, 1.807) is 11.3 Å². The van der Waals surface area contributed by atoms with E-state index in [9.17, 15) is 9.90 Å². The van der Waals surface area contributed by atoms with Crippen LogP contribution in [0, 0.1) is 11.3 Å². The highest BCUT2D eigenvalue weighted by atomic mass is 32.1. The molecule has 5 nitrogen and oxygen atoms in total. The minimum atomic E-state index is -0.647. The van der Waals surface area contributed by atoms with Crippen LogP contribution in [-0.4, -0.2) is 33.2 Å². The number of hydrogen-bond donors (Lipinski definition) is 2. The first-order chi connectivity index (χ1) is 12.3. The monoisotopic (exact) mass is 372 g/mol. The van der Waals surface area contributed by atoms with Crippen LogP contribution in [0.3, 0.4) is 0 Å². The number of nitrogens with one attached hydrogen (secondary N) is 1. The first kappa shape index (κ1) is 16.5. The lowest BCUT2D eigenvalue weighted by molar-refractivity contribution is -0.251. The average molecular weight is 372 g/mol. The molecule has 2 N–H and O–H groups in total. The summed E-state index contributed by atoms with van der Waals surface area (Å²) in [5, 5.41) is 13.5. The van der Waals surface area contributed by atoms with Gasteiger partial charge in [-0.05, 0) is 58.1 Å². The van der Waals surface area contributed by atoms with Crippen LogP contribution in [0.2, 0.25) is 0 Å². The van der Waals surface area contributed by atoms with Crippen LogP contribution in [0.1, 0.15) is 46.0 Å². The third-order valence-electron chi connectivity index (χ3n) is 6.80. The largest absolute Gasteiger partial charge is 0.488 e. The Balaban J connectivity index is 1.14. The summed E-state index contributed by atoms with van der Waals surface area (Å²) in [6.07, 6.45) is 4.35. The Morgan fingerprint density at radius 3 is 2.77 bits per heavy atom. The van der Waals surface area contributed by atoms with Crippen molar-refractivity contribution in [2.75, 3.05) is 0 Å². The molecule has 138 valence electrons. The summed E-state index contributed by atoms with van der Waals surface area (Å²) in [5.74, 6) is 1.02. The zero-order valence-corrected chi connectivity index (χ0v) is 15.9. The second-order valence-electron chi connectivity index (χ2n) is 9.00. The molecule has 0 aliphatic heterocycles. The quantitative estimate of drug-likeness (QED) is 0.845. The van der Waals surface area contributed by atoms with E-state index in [1.165, 1.54) is 0 Å². The number of nitrogens with zero attached hydrogens (tertiary/aromatic N) is 1. The second-order valence-corrected chi connectivity index (χ2v) is 9.89. The molecule has 4 fully saturated rings. The number of amides is 1. The Morgan fingerprint density at radius 2 is 2.08 bits per heavy atom. The van der Waals surface area contributed by atoms with Crippen LogP contribution in [0.15, 0.2) is 23.7 Å². The maximum absolute atomic E-state index is 12.5. The standard InChI is InChI=1S/C20H24N2O3S/c1-18(2,24)19-8-20(9-19,10-19)22-17(23)12-6-13(7-12)25-14-4-3-5-15-16(14)21-11-26-15/h3-5,11-13,24H,6-10H2,1-2H3,(H,22,23). The molecule has 1 amide bonds. The van der Waals surface area contributed by atoms with Crippen molar-refractivity contribution in [1.29, 1.82) is 0 Å². The zero-order chi connectivity index (χ0) is 18.2. The Kier molecular flexibility index (Phi) is 3.30. The maximum atomic E-state index is 12.5. The van der Waals surface area contributed by atoms with Crippen molar-refractivity contribution in [3.8, 4) is 5.75 Å². The van der Waals surface area contributed by atoms with Crippen molar-refractivity contribution in [3.63, 3.8) is 0 Å². The number of rotatable bonds is 5. The van der Waals surface area contributed by atoms with Crippen molar-refractivity contribution in [3.05, 3.63) is 23.7 Å². The molecule has 0 saturated heterocycles. The molecule has 6 rings (SSSR count). The molecule has 1 heterocycles. The summed E-state index contributed by atoms with van der Waals surface area (Å²) in [4.78, 5) is 16.9. The first-order valence-corrected chi connectivity index (χ1v) is 10.2. The summed E-state index contributed by atoms with van der Waals surface area (Å²) < 4.78 is 7.20. The Labute approximate surface area is 156 Å². The summed E-state index contributed by atoms with van der Waals surface area (Å²) in [5.41, 5.74) is 2.08. The molecule has 4 aliphatic carbocycles. The molecule has 6 heteroatoms. The Morgan fingerprint density at radius 1 is 1.35 bits per heavy atom. The van der Waals surface area contributed by atoms with Gasteiger partial charge in [-0.25, -0.2) is 4.98 Å². The zero-order valence-electron chi connectivity index (χ0n) is 15.1. The van der Waals surface area contributed by atoms with Gasteiger partial charge in [0.2, 0.25) is 5.91 Å². The van der Waals surface area contributed by atoms with Crippen molar-refractivity contribution in [2.24, 2.45) is 11.3 Å². The first-order valence-electron chi connectivity index (χ1n) is 9.33. The van der Waals surface area contributed by atoms with Crippen molar-refractivity contribution in [1.82, 2.24) is 10.3 Å². The number of thiazole rings is 1. The second kappa shape index (κ2) is 5.20. The molecule has 0 radical (unpaired) electrons. The molecule has 0 spiro atoms. The summed E-state index contributed by atoms with van der Waals surface area (Å²) in [7, 11) is 0. The van der Waals surface area contributed by atoms with Gasteiger partial charge in [0.1, 0.15) is 17.4 Å². The average Bonchev–Trinajstić information content (AvgIpc) is 2.92. The third-order valence-corrected chi connectivity index (χ3v) is 7.59. The number of carbonyl (C=O) groups is 1. The fraction of sp³-hybridized carbons (Fsp3) is 0.600. The predicted molar refractivity (Wildman–Crippen MR) is 100 cm³/mol. The normalized spacial score (nSPS) is 35.2. The number of ether oxygens (including phenoxy) is 1. The van der Waals surface area contributed by atoms with Crippen LogP contribution in [-0.2, 0) is 4.79 Å².